The molecule has 0 aliphatic rings. The summed E-state index contributed by atoms with van der Waals surface area (Å²) in [5.74, 6) is 0.181. The Balaban J connectivity index is 2.72. The maximum atomic E-state index is 11.7. The molecule has 0 aliphatic heterocycles. The highest BCUT2D eigenvalue weighted by Crippen LogP contribution is 2.13. The van der Waals surface area contributed by atoms with Crippen LogP contribution in [0.5, 0.6) is 0 Å². The largest absolute Gasteiger partial charge is 0.298 e. The molecule has 8 heteroatoms. The van der Waals surface area contributed by atoms with E-state index in [0.717, 1.165) is 0 Å². The van der Waals surface area contributed by atoms with E-state index in [1.54, 1.807) is 6.92 Å². The molecule has 1 rings (SSSR count). The number of hydrogen-bond donors (Lipinski definition) is 0. The molecule has 0 saturated heterocycles. The van der Waals surface area contributed by atoms with Gasteiger partial charge in [0.05, 0.1) is 12.1 Å². The zero-order valence-electron chi connectivity index (χ0n) is 9.19. The van der Waals surface area contributed by atoms with E-state index in [1.165, 1.54) is 10.9 Å². The van der Waals surface area contributed by atoms with E-state index in [4.69, 9.17) is 11.6 Å². The van der Waals surface area contributed by atoms with Gasteiger partial charge in [0.25, 0.3) is 5.56 Å². The van der Waals surface area contributed by atoms with E-state index in [-0.39, 0.29) is 26.7 Å². The van der Waals surface area contributed by atoms with Crippen molar-refractivity contribution in [1.29, 1.82) is 0 Å². The summed E-state index contributed by atoms with van der Waals surface area (Å²) in [7, 11) is -2.99. The topological polar surface area (TPSA) is 69.0 Å². The van der Waals surface area contributed by atoms with Crippen LogP contribution < -0.4 is 5.56 Å². The van der Waals surface area contributed by atoms with Crippen molar-refractivity contribution in [2.24, 2.45) is 0 Å². The van der Waals surface area contributed by atoms with Crippen LogP contribution in [0.2, 0.25) is 5.15 Å². The molecule has 0 aromatic carbocycles. The Labute approximate surface area is 113 Å². The van der Waals surface area contributed by atoms with E-state index in [1.807, 2.05) is 0 Å². The molecule has 1 aromatic heterocycles. The van der Waals surface area contributed by atoms with Crippen LogP contribution in [0, 0.1) is 0 Å². The Hall–Kier alpha value is -0.400. The molecule has 0 saturated carbocycles. The fourth-order valence-corrected chi connectivity index (χ4v) is 2.51. The zero-order chi connectivity index (χ0) is 13.1. The Morgan fingerprint density at radius 2 is 2.18 bits per heavy atom. The van der Waals surface area contributed by atoms with Crippen molar-refractivity contribution in [3.05, 3.63) is 26.3 Å². The molecule has 0 fully saturated rings. The third kappa shape index (κ3) is 4.08. The summed E-state index contributed by atoms with van der Waals surface area (Å²) in [5.41, 5.74) is -0.307. The Kier molecular flexibility index (Phi) is 5.15. The molecule has 17 heavy (non-hydrogen) atoms. The van der Waals surface area contributed by atoms with E-state index < -0.39 is 9.84 Å². The molecular formula is C9H12BrClN2O3S. The number of nitrogens with zero attached hydrogens (tertiary/aromatic N) is 2. The van der Waals surface area contributed by atoms with Gasteiger partial charge in [0, 0.05) is 12.3 Å². The molecule has 0 radical (unpaired) electrons. The fraction of sp³-hybridized carbons (Fsp3) is 0.556. The van der Waals surface area contributed by atoms with Gasteiger partial charge in [0.2, 0.25) is 0 Å². The lowest BCUT2D eigenvalue weighted by atomic mass is 10.4. The number of rotatable bonds is 5. The van der Waals surface area contributed by atoms with Crippen LogP contribution in [-0.2, 0) is 16.4 Å². The second-order valence-corrected chi connectivity index (χ2v) is 7.06. The maximum Gasteiger partial charge on any atom is 0.269 e. The Morgan fingerprint density at radius 1 is 1.53 bits per heavy atom. The van der Waals surface area contributed by atoms with Gasteiger partial charge in [-0.2, -0.15) is 0 Å². The van der Waals surface area contributed by atoms with Crippen LogP contribution in [0.1, 0.15) is 13.3 Å². The highest BCUT2D eigenvalue weighted by Gasteiger charge is 2.09. The summed E-state index contributed by atoms with van der Waals surface area (Å²) in [6.07, 6.45) is 1.69. The first-order valence-corrected chi connectivity index (χ1v) is 7.97. The molecule has 0 unspecified atom stereocenters. The van der Waals surface area contributed by atoms with Crippen molar-refractivity contribution in [2.75, 3.05) is 11.5 Å². The van der Waals surface area contributed by atoms with Gasteiger partial charge in [-0.1, -0.05) is 18.5 Å². The average Bonchev–Trinajstić information content (AvgIpc) is 2.29. The van der Waals surface area contributed by atoms with Crippen molar-refractivity contribution in [3.63, 3.8) is 0 Å². The third-order valence-electron chi connectivity index (χ3n) is 2.23. The molecule has 0 N–H and O–H groups in total. The molecule has 0 bridgehead atoms. The lowest BCUT2D eigenvalue weighted by Gasteiger charge is -2.06. The molecule has 0 spiro atoms. The summed E-state index contributed by atoms with van der Waals surface area (Å²) in [5, 5.41) is 0.104. The van der Waals surface area contributed by atoms with E-state index in [2.05, 4.69) is 20.9 Å². The van der Waals surface area contributed by atoms with Crippen LogP contribution >= 0.6 is 27.5 Å². The highest BCUT2D eigenvalue weighted by molar-refractivity contribution is 9.10. The quantitative estimate of drug-likeness (QED) is 0.760. The minimum atomic E-state index is -2.99. The van der Waals surface area contributed by atoms with Crippen molar-refractivity contribution in [1.82, 2.24) is 9.55 Å². The summed E-state index contributed by atoms with van der Waals surface area (Å²) >= 11 is 8.68. The van der Waals surface area contributed by atoms with Crippen LogP contribution in [0.25, 0.3) is 0 Å². The molecule has 0 aliphatic carbocycles. The van der Waals surface area contributed by atoms with Gasteiger partial charge in [-0.3, -0.25) is 9.36 Å². The van der Waals surface area contributed by atoms with E-state index >= 15 is 0 Å². The monoisotopic (exact) mass is 342 g/mol. The van der Waals surface area contributed by atoms with Crippen LogP contribution in [0.3, 0.4) is 0 Å². The third-order valence-corrected chi connectivity index (χ3v) is 5.25. The van der Waals surface area contributed by atoms with Crippen LogP contribution in [0.4, 0.5) is 0 Å². The molecule has 0 atom stereocenters. The predicted molar refractivity (Wildman–Crippen MR) is 70.2 cm³/mol. The lowest BCUT2D eigenvalue weighted by Crippen LogP contribution is -2.23. The summed E-state index contributed by atoms with van der Waals surface area (Å²) in [4.78, 5) is 15.5. The second-order valence-electron chi connectivity index (χ2n) is 3.44. The Bertz CT molecular complexity index is 556. The molecular weight excluding hydrogens is 332 g/mol. The normalized spacial score (nSPS) is 11.7. The van der Waals surface area contributed by atoms with Gasteiger partial charge in [0.15, 0.2) is 5.15 Å². The molecule has 5 nitrogen and oxygen atoms in total. The first-order valence-electron chi connectivity index (χ1n) is 4.98. The van der Waals surface area contributed by atoms with E-state index in [0.29, 0.717) is 13.0 Å². The maximum absolute atomic E-state index is 11.7. The lowest BCUT2D eigenvalue weighted by molar-refractivity contribution is 0.583. The van der Waals surface area contributed by atoms with Gasteiger partial charge in [-0.05, 0) is 22.4 Å². The SMILES string of the molecule is CCS(=O)(=O)CCCn1cnc(Cl)c(Br)c1=O. The molecule has 96 valence electrons. The van der Waals surface area contributed by atoms with Crippen molar-refractivity contribution in [2.45, 2.75) is 19.9 Å². The number of aromatic nitrogens is 2. The predicted octanol–water partition coefficient (Wildman–Crippen LogP) is 1.48. The molecule has 0 amide bonds. The van der Waals surface area contributed by atoms with Crippen molar-refractivity contribution >= 4 is 37.4 Å². The first kappa shape index (κ1) is 14.7. The van der Waals surface area contributed by atoms with Crippen LogP contribution in [-0.4, -0.2) is 29.5 Å². The van der Waals surface area contributed by atoms with Gasteiger partial charge in [-0.25, -0.2) is 13.4 Å². The number of hydrogen-bond acceptors (Lipinski definition) is 4. The van der Waals surface area contributed by atoms with Crippen LogP contribution in [0.15, 0.2) is 15.6 Å². The fourth-order valence-electron chi connectivity index (χ4n) is 1.20. The zero-order valence-corrected chi connectivity index (χ0v) is 12.3. The number of halogens is 2. The minimum Gasteiger partial charge on any atom is -0.298 e. The van der Waals surface area contributed by atoms with Crippen molar-refractivity contribution < 1.29 is 8.42 Å². The number of aryl methyl sites for hydroxylation is 1. The van der Waals surface area contributed by atoms with Gasteiger partial charge >= 0.3 is 0 Å². The Morgan fingerprint density at radius 3 is 2.76 bits per heavy atom. The van der Waals surface area contributed by atoms with Crippen molar-refractivity contribution in [3.8, 4) is 0 Å². The molecule has 1 aromatic rings. The van der Waals surface area contributed by atoms with Gasteiger partial charge in [-0.15, -0.1) is 0 Å². The summed E-state index contributed by atoms with van der Waals surface area (Å²) < 4.78 is 24.1. The minimum absolute atomic E-state index is 0.0657. The first-order chi connectivity index (χ1) is 7.87. The summed E-state index contributed by atoms with van der Waals surface area (Å²) in [6, 6.07) is 0. The molecule has 1 heterocycles. The highest BCUT2D eigenvalue weighted by atomic mass is 79.9. The van der Waals surface area contributed by atoms with Gasteiger partial charge in [0.1, 0.15) is 14.3 Å². The standard InChI is InChI=1S/C9H12BrClN2O3S/c1-2-17(15,16)5-3-4-13-6-12-8(11)7(10)9(13)14/h6H,2-5H2,1H3. The van der Waals surface area contributed by atoms with E-state index in [9.17, 15) is 13.2 Å². The number of sulfone groups is 1. The van der Waals surface area contributed by atoms with Gasteiger partial charge < -0.3 is 0 Å². The average molecular weight is 344 g/mol. The smallest absolute Gasteiger partial charge is 0.269 e. The second kappa shape index (κ2) is 5.97. The summed E-state index contributed by atoms with van der Waals surface area (Å²) in [6.45, 7) is 1.91.